The molecular weight excluding hydrogens is 148 g/mol. The second-order valence-corrected chi connectivity index (χ2v) is 4.93. The molecule has 1 unspecified atom stereocenters. The lowest BCUT2D eigenvalue weighted by molar-refractivity contribution is 0.200. The van der Waals surface area contributed by atoms with Crippen LogP contribution in [0, 0.1) is 5.92 Å². The van der Waals surface area contributed by atoms with Gasteiger partial charge in [-0.3, -0.25) is 0 Å². The fourth-order valence-electron chi connectivity index (χ4n) is 1.77. The van der Waals surface area contributed by atoms with Crippen molar-refractivity contribution in [3.05, 3.63) is 0 Å². The van der Waals surface area contributed by atoms with Crippen molar-refractivity contribution in [2.45, 2.75) is 51.6 Å². The molecule has 12 heavy (non-hydrogen) atoms. The highest BCUT2D eigenvalue weighted by atomic mass is 15.0. The third kappa shape index (κ3) is 2.76. The minimum absolute atomic E-state index is 0.208. The minimum atomic E-state index is 0.208. The minimum Gasteiger partial charge on any atom is -0.329 e. The van der Waals surface area contributed by atoms with Gasteiger partial charge in [0.2, 0.25) is 0 Å². The van der Waals surface area contributed by atoms with Crippen LogP contribution in [0.25, 0.3) is 0 Å². The molecule has 1 saturated carbocycles. The highest BCUT2D eigenvalue weighted by Crippen LogP contribution is 2.29. The third-order valence-corrected chi connectivity index (χ3v) is 2.59. The zero-order valence-electron chi connectivity index (χ0n) is 8.56. The maximum absolute atomic E-state index is 5.73. The van der Waals surface area contributed by atoms with Gasteiger partial charge in [0, 0.05) is 18.1 Å². The Morgan fingerprint density at radius 2 is 2.00 bits per heavy atom. The molecule has 0 aromatic carbocycles. The average molecular weight is 170 g/mol. The molecule has 0 amide bonds. The van der Waals surface area contributed by atoms with Gasteiger partial charge >= 0.3 is 0 Å². The van der Waals surface area contributed by atoms with Crippen molar-refractivity contribution >= 4 is 0 Å². The third-order valence-electron chi connectivity index (χ3n) is 2.59. The molecule has 1 atom stereocenters. The molecule has 0 bridgehead atoms. The predicted octanol–water partition coefficient (Wildman–Crippen LogP) is 1.50. The van der Waals surface area contributed by atoms with Crippen LogP contribution < -0.4 is 11.1 Å². The number of nitrogens with two attached hydrogens (primary N) is 1. The predicted molar refractivity (Wildman–Crippen MR) is 53.1 cm³/mol. The van der Waals surface area contributed by atoms with E-state index in [9.17, 15) is 0 Å². The van der Waals surface area contributed by atoms with E-state index < -0.39 is 0 Å². The summed E-state index contributed by atoms with van der Waals surface area (Å²) < 4.78 is 0. The van der Waals surface area contributed by atoms with Gasteiger partial charge in [0.15, 0.2) is 0 Å². The molecule has 0 radical (unpaired) electrons. The Kier molecular flexibility index (Phi) is 3.13. The van der Waals surface area contributed by atoms with Crippen molar-refractivity contribution in [2.75, 3.05) is 6.54 Å². The van der Waals surface area contributed by atoms with Crippen molar-refractivity contribution in [2.24, 2.45) is 11.7 Å². The van der Waals surface area contributed by atoms with Gasteiger partial charge in [-0.1, -0.05) is 6.42 Å². The molecule has 0 aromatic rings. The summed E-state index contributed by atoms with van der Waals surface area (Å²) in [6.07, 6.45) is 4.13. The lowest BCUT2D eigenvalue weighted by Crippen LogP contribution is -2.52. The first kappa shape index (κ1) is 10.0. The molecule has 1 aliphatic carbocycles. The fraction of sp³-hybridized carbons (Fsp3) is 1.00. The van der Waals surface area contributed by atoms with Crippen LogP contribution in [0.3, 0.4) is 0 Å². The standard InChI is InChI=1S/C10H22N2/c1-10(2,3)12-9(7-11)8-5-4-6-8/h8-9,12H,4-7,11H2,1-3H3. The van der Waals surface area contributed by atoms with Crippen LogP contribution in [-0.2, 0) is 0 Å². The normalized spacial score (nSPS) is 22.0. The second kappa shape index (κ2) is 3.75. The molecule has 1 aliphatic rings. The van der Waals surface area contributed by atoms with Crippen molar-refractivity contribution in [1.29, 1.82) is 0 Å². The first-order valence-corrected chi connectivity index (χ1v) is 5.01. The van der Waals surface area contributed by atoms with Crippen LogP contribution >= 0.6 is 0 Å². The average Bonchev–Trinajstić information content (AvgIpc) is 1.79. The molecule has 1 fully saturated rings. The molecule has 3 N–H and O–H groups in total. The van der Waals surface area contributed by atoms with E-state index in [1.54, 1.807) is 0 Å². The lowest BCUT2D eigenvalue weighted by Gasteiger charge is -2.38. The number of nitrogens with one attached hydrogen (secondary N) is 1. The van der Waals surface area contributed by atoms with Crippen molar-refractivity contribution in [1.82, 2.24) is 5.32 Å². The Bertz CT molecular complexity index is 133. The molecule has 1 rings (SSSR count). The molecule has 0 aliphatic heterocycles. The number of rotatable bonds is 3. The molecule has 0 spiro atoms. The van der Waals surface area contributed by atoms with Gasteiger partial charge in [-0.2, -0.15) is 0 Å². The van der Waals surface area contributed by atoms with Gasteiger partial charge in [-0.25, -0.2) is 0 Å². The van der Waals surface area contributed by atoms with E-state index in [4.69, 9.17) is 5.73 Å². The highest BCUT2D eigenvalue weighted by Gasteiger charge is 2.28. The monoisotopic (exact) mass is 170 g/mol. The Morgan fingerprint density at radius 1 is 1.42 bits per heavy atom. The summed E-state index contributed by atoms with van der Waals surface area (Å²) in [5.74, 6) is 0.842. The van der Waals surface area contributed by atoms with Crippen molar-refractivity contribution in [3.8, 4) is 0 Å². The maximum atomic E-state index is 5.73. The summed E-state index contributed by atoms with van der Waals surface area (Å²) in [7, 11) is 0. The lowest BCUT2D eigenvalue weighted by atomic mass is 9.79. The van der Waals surface area contributed by atoms with Gasteiger partial charge in [-0.05, 0) is 39.5 Å². The van der Waals surface area contributed by atoms with Crippen LogP contribution in [-0.4, -0.2) is 18.1 Å². The van der Waals surface area contributed by atoms with Crippen molar-refractivity contribution < 1.29 is 0 Å². The van der Waals surface area contributed by atoms with Crippen LogP contribution in [0.5, 0.6) is 0 Å². The Labute approximate surface area is 75.9 Å². The zero-order chi connectivity index (χ0) is 9.19. The summed E-state index contributed by atoms with van der Waals surface area (Å²) in [6.45, 7) is 7.39. The topological polar surface area (TPSA) is 38.0 Å². The molecule has 2 nitrogen and oxygen atoms in total. The zero-order valence-corrected chi connectivity index (χ0v) is 8.56. The van der Waals surface area contributed by atoms with Gasteiger partial charge in [0.1, 0.15) is 0 Å². The van der Waals surface area contributed by atoms with E-state index in [0.29, 0.717) is 6.04 Å². The first-order valence-electron chi connectivity index (χ1n) is 5.01. The molecule has 2 heteroatoms. The van der Waals surface area contributed by atoms with E-state index in [0.717, 1.165) is 12.5 Å². The highest BCUT2D eigenvalue weighted by molar-refractivity contribution is 4.87. The Hall–Kier alpha value is -0.0800. The first-order chi connectivity index (χ1) is 5.53. The Morgan fingerprint density at radius 3 is 2.25 bits per heavy atom. The molecule has 0 heterocycles. The SMILES string of the molecule is CC(C)(C)NC(CN)C1CCC1. The van der Waals surface area contributed by atoms with Gasteiger partial charge in [0.05, 0.1) is 0 Å². The summed E-state index contributed by atoms with van der Waals surface area (Å²) in [5.41, 5.74) is 5.94. The van der Waals surface area contributed by atoms with Crippen LogP contribution in [0.1, 0.15) is 40.0 Å². The van der Waals surface area contributed by atoms with Gasteiger partial charge in [0.25, 0.3) is 0 Å². The summed E-state index contributed by atoms with van der Waals surface area (Å²) in [4.78, 5) is 0. The second-order valence-electron chi connectivity index (χ2n) is 4.93. The van der Waals surface area contributed by atoms with Crippen LogP contribution in [0.2, 0.25) is 0 Å². The summed E-state index contributed by atoms with van der Waals surface area (Å²) in [5, 5.41) is 3.58. The van der Waals surface area contributed by atoms with E-state index >= 15 is 0 Å². The summed E-state index contributed by atoms with van der Waals surface area (Å²) in [6, 6.07) is 0.541. The maximum Gasteiger partial charge on any atom is 0.0223 e. The smallest absolute Gasteiger partial charge is 0.0223 e. The molecule has 72 valence electrons. The number of hydrogen-bond acceptors (Lipinski definition) is 2. The van der Waals surface area contributed by atoms with Gasteiger partial charge < -0.3 is 11.1 Å². The van der Waals surface area contributed by atoms with E-state index in [1.807, 2.05) is 0 Å². The fourth-order valence-corrected chi connectivity index (χ4v) is 1.77. The van der Waals surface area contributed by atoms with Crippen LogP contribution in [0.15, 0.2) is 0 Å². The number of hydrogen-bond donors (Lipinski definition) is 2. The van der Waals surface area contributed by atoms with Gasteiger partial charge in [-0.15, -0.1) is 0 Å². The van der Waals surface area contributed by atoms with E-state index in [1.165, 1.54) is 19.3 Å². The quantitative estimate of drug-likeness (QED) is 0.673. The molecule has 0 saturated heterocycles. The summed E-state index contributed by atoms with van der Waals surface area (Å²) >= 11 is 0. The van der Waals surface area contributed by atoms with Crippen molar-refractivity contribution in [3.63, 3.8) is 0 Å². The molecular formula is C10H22N2. The Balaban J connectivity index is 2.34. The molecule has 0 aromatic heterocycles. The van der Waals surface area contributed by atoms with Crippen LogP contribution in [0.4, 0.5) is 0 Å². The largest absolute Gasteiger partial charge is 0.329 e. The van der Waals surface area contributed by atoms with E-state index in [-0.39, 0.29) is 5.54 Å². The van der Waals surface area contributed by atoms with E-state index in [2.05, 4.69) is 26.1 Å².